The normalized spacial score (nSPS) is 15.5. The summed E-state index contributed by atoms with van der Waals surface area (Å²) >= 11 is 3.31. The van der Waals surface area contributed by atoms with Crippen LogP contribution in [-0.2, 0) is 0 Å². The molecular weight excluding hydrogens is 322 g/mol. The number of halogens is 1. The molecular formula is C15H20BrNO3. The van der Waals surface area contributed by atoms with Gasteiger partial charge in [0.25, 0.3) is 5.69 Å². The molecule has 5 heteroatoms. The van der Waals surface area contributed by atoms with Crippen molar-refractivity contribution < 1.29 is 9.66 Å². The zero-order valence-electron chi connectivity index (χ0n) is 11.7. The lowest BCUT2D eigenvalue weighted by molar-refractivity contribution is -0.385. The van der Waals surface area contributed by atoms with Crippen LogP contribution in [0.2, 0.25) is 0 Å². The van der Waals surface area contributed by atoms with E-state index in [1.165, 1.54) is 12.8 Å². The van der Waals surface area contributed by atoms with E-state index in [2.05, 4.69) is 22.9 Å². The summed E-state index contributed by atoms with van der Waals surface area (Å²) in [5, 5.41) is 11.1. The molecule has 0 spiro atoms. The molecule has 20 heavy (non-hydrogen) atoms. The third-order valence-corrected chi connectivity index (χ3v) is 4.46. The standard InChI is InChI=1S/C15H20BrNO3/c1-2-3-8-20-15-10-14(17(18)19)13(16)9-12(15)11-6-4-5-7-11/h9-11H,2-8H2,1H3. The highest BCUT2D eigenvalue weighted by molar-refractivity contribution is 9.10. The number of nitro benzene ring substituents is 1. The second-order valence-corrected chi connectivity index (χ2v) is 6.14. The van der Waals surface area contributed by atoms with Gasteiger partial charge in [-0.05, 0) is 52.7 Å². The summed E-state index contributed by atoms with van der Waals surface area (Å²) in [5.74, 6) is 1.17. The van der Waals surface area contributed by atoms with Crippen LogP contribution in [0.1, 0.15) is 56.9 Å². The average Bonchev–Trinajstić information content (AvgIpc) is 2.93. The predicted molar refractivity (Wildman–Crippen MR) is 82.4 cm³/mol. The van der Waals surface area contributed by atoms with Crippen LogP contribution < -0.4 is 4.74 Å². The highest BCUT2D eigenvalue weighted by atomic mass is 79.9. The van der Waals surface area contributed by atoms with Gasteiger partial charge in [0.05, 0.1) is 22.1 Å². The van der Waals surface area contributed by atoms with Crippen molar-refractivity contribution in [3.05, 3.63) is 32.3 Å². The SMILES string of the molecule is CCCCOc1cc([N+](=O)[O-])c(Br)cc1C1CCCC1. The second-order valence-electron chi connectivity index (χ2n) is 5.28. The van der Waals surface area contributed by atoms with Gasteiger partial charge in [-0.25, -0.2) is 0 Å². The summed E-state index contributed by atoms with van der Waals surface area (Å²) in [5.41, 5.74) is 1.20. The van der Waals surface area contributed by atoms with Crippen LogP contribution in [0.3, 0.4) is 0 Å². The number of hydrogen-bond acceptors (Lipinski definition) is 3. The van der Waals surface area contributed by atoms with E-state index >= 15 is 0 Å². The topological polar surface area (TPSA) is 52.4 Å². The smallest absolute Gasteiger partial charge is 0.287 e. The summed E-state index contributed by atoms with van der Waals surface area (Å²) < 4.78 is 6.36. The van der Waals surface area contributed by atoms with Crippen LogP contribution in [0.4, 0.5) is 5.69 Å². The summed E-state index contributed by atoms with van der Waals surface area (Å²) in [6.07, 6.45) is 6.77. The summed E-state index contributed by atoms with van der Waals surface area (Å²) in [4.78, 5) is 10.7. The number of ether oxygens (including phenoxy) is 1. The molecule has 1 aliphatic carbocycles. The molecule has 0 unspecified atom stereocenters. The maximum atomic E-state index is 11.1. The van der Waals surface area contributed by atoms with Crippen LogP contribution in [-0.4, -0.2) is 11.5 Å². The van der Waals surface area contributed by atoms with Gasteiger partial charge >= 0.3 is 0 Å². The molecule has 0 amide bonds. The fourth-order valence-electron chi connectivity index (χ4n) is 2.71. The minimum Gasteiger partial charge on any atom is -0.493 e. The van der Waals surface area contributed by atoms with Crippen LogP contribution in [0, 0.1) is 10.1 Å². The van der Waals surface area contributed by atoms with Gasteiger partial charge in [0.2, 0.25) is 0 Å². The Hall–Kier alpha value is -1.10. The molecule has 0 aromatic heterocycles. The van der Waals surface area contributed by atoms with Gasteiger partial charge in [-0.3, -0.25) is 10.1 Å². The minimum absolute atomic E-state index is 0.0817. The third kappa shape index (κ3) is 3.51. The van der Waals surface area contributed by atoms with E-state index in [4.69, 9.17) is 4.74 Å². The van der Waals surface area contributed by atoms with Crippen molar-refractivity contribution in [3.8, 4) is 5.75 Å². The van der Waals surface area contributed by atoms with E-state index in [9.17, 15) is 10.1 Å². The van der Waals surface area contributed by atoms with Crippen LogP contribution in [0.5, 0.6) is 5.75 Å². The lowest BCUT2D eigenvalue weighted by Gasteiger charge is -2.16. The van der Waals surface area contributed by atoms with Gasteiger partial charge in [-0.15, -0.1) is 0 Å². The Morgan fingerprint density at radius 3 is 2.70 bits per heavy atom. The molecule has 4 nitrogen and oxygen atoms in total. The first-order valence-electron chi connectivity index (χ1n) is 7.24. The molecule has 2 rings (SSSR count). The number of unbranched alkanes of at least 4 members (excludes halogenated alkanes) is 1. The van der Waals surface area contributed by atoms with Crippen LogP contribution in [0.25, 0.3) is 0 Å². The van der Waals surface area contributed by atoms with Crippen molar-refractivity contribution in [2.24, 2.45) is 0 Å². The fourth-order valence-corrected chi connectivity index (χ4v) is 3.21. The van der Waals surface area contributed by atoms with Gasteiger partial charge in [-0.2, -0.15) is 0 Å². The van der Waals surface area contributed by atoms with E-state index in [1.54, 1.807) is 6.07 Å². The Labute approximate surface area is 127 Å². The second kappa shape index (κ2) is 7.07. The molecule has 110 valence electrons. The first kappa shape index (κ1) is 15.3. The molecule has 0 saturated heterocycles. The van der Waals surface area contributed by atoms with Gasteiger partial charge in [0.15, 0.2) is 0 Å². The first-order valence-corrected chi connectivity index (χ1v) is 8.03. The zero-order chi connectivity index (χ0) is 14.5. The Bertz CT molecular complexity index is 484. The minimum atomic E-state index is -0.366. The quantitative estimate of drug-likeness (QED) is 0.406. The zero-order valence-corrected chi connectivity index (χ0v) is 13.3. The van der Waals surface area contributed by atoms with Crippen LogP contribution >= 0.6 is 15.9 Å². The maximum absolute atomic E-state index is 11.1. The molecule has 0 radical (unpaired) electrons. The molecule has 0 bridgehead atoms. The maximum Gasteiger partial charge on any atom is 0.287 e. The van der Waals surface area contributed by atoms with E-state index in [-0.39, 0.29) is 10.6 Å². The molecule has 1 aromatic rings. The summed E-state index contributed by atoms with van der Waals surface area (Å²) in [6, 6.07) is 3.46. The lowest BCUT2D eigenvalue weighted by atomic mass is 9.96. The fraction of sp³-hybridized carbons (Fsp3) is 0.600. The van der Waals surface area contributed by atoms with Crippen LogP contribution in [0.15, 0.2) is 16.6 Å². The molecule has 1 fully saturated rings. The highest BCUT2D eigenvalue weighted by Gasteiger charge is 2.25. The average molecular weight is 342 g/mol. The van der Waals surface area contributed by atoms with Crippen molar-refractivity contribution in [1.29, 1.82) is 0 Å². The van der Waals surface area contributed by atoms with Crippen molar-refractivity contribution >= 4 is 21.6 Å². The van der Waals surface area contributed by atoms with Crippen molar-refractivity contribution in [3.63, 3.8) is 0 Å². The Kier molecular flexibility index (Phi) is 5.40. The van der Waals surface area contributed by atoms with Gasteiger partial charge in [-0.1, -0.05) is 26.2 Å². The largest absolute Gasteiger partial charge is 0.493 e. The number of benzene rings is 1. The lowest BCUT2D eigenvalue weighted by Crippen LogP contribution is -2.04. The Balaban J connectivity index is 2.31. The van der Waals surface area contributed by atoms with E-state index in [0.717, 1.165) is 31.2 Å². The summed E-state index contributed by atoms with van der Waals surface area (Å²) in [6.45, 7) is 2.72. The van der Waals surface area contributed by atoms with E-state index in [0.29, 0.717) is 22.7 Å². The van der Waals surface area contributed by atoms with Crippen molar-refractivity contribution in [2.75, 3.05) is 6.61 Å². The molecule has 0 atom stereocenters. The first-order chi connectivity index (χ1) is 9.63. The Morgan fingerprint density at radius 2 is 2.10 bits per heavy atom. The third-order valence-electron chi connectivity index (χ3n) is 3.83. The number of rotatable bonds is 6. The molecule has 1 aliphatic rings. The van der Waals surface area contributed by atoms with Gasteiger partial charge in [0.1, 0.15) is 5.75 Å². The predicted octanol–water partition coefficient (Wildman–Crippen LogP) is 5.19. The van der Waals surface area contributed by atoms with Gasteiger partial charge < -0.3 is 4.74 Å². The highest BCUT2D eigenvalue weighted by Crippen LogP contribution is 2.42. The summed E-state index contributed by atoms with van der Waals surface area (Å²) in [7, 11) is 0. The molecule has 0 N–H and O–H groups in total. The number of nitrogens with zero attached hydrogens (tertiary/aromatic N) is 1. The molecule has 0 heterocycles. The van der Waals surface area contributed by atoms with E-state index in [1.807, 2.05) is 6.07 Å². The monoisotopic (exact) mass is 341 g/mol. The van der Waals surface area contributed by atoms with Crippen molar-refractivity contribution in [2.45, 2.75) is 51.4 Å². The Morgan fingerprint density at radius 1 is 1.40 bits per heavy atom. The number of hydrogen-bond donors (Lipinski definition) is 0. The molecule has 1 saturated carbocycles. The molecule has 0 aliphatic heterocycles. The van der Waals surface area contributed by atoms with Gasteiger partial charge in [0, 0.05) is 0 Å². The molecule has 1 aromatic carbocycles. The number of nitro groups is 1. The van der Waals surface area contributed by atoms with E-state index < -0.39 is 0 Å². The van der Waals surface area contributed by atoms with Crippen molar-refractivity contribution in [1.82, 2.24) is 0 Å².